The fourth-order valence-corrected chi connectivity index (χ4v) is 6.21. The Balaban J connectivity index is 1.49. The van der Waals surface area contributed by atoms with E-state index in [1.54, 1.807) is 5.56 Å². The molecule has 4 heteroatoms. The Labute approximate surface area is 203 Å². The number of nitrogens with zero attached hydrogens (tertiary/aromatic N) is 3. The van der Waals surface area contributed by atoms with E-state index in [1.165, 1.54) is 89.0 Å². The number of rotatable bonds is 8. The van der Waals surface area contributed by atoms with Gasteiger partial charge in [0.15, 0.2) is 0 Å². The van der Waals surface area contributed by atoms with Gasteiger partial charge in [0.1, 0.15) is 0 Å². The number of methoxy groups -OCH3 is 1. The Morgan fingerprint density at radius 3 is 2.21 bits per heavy atom. The summed E-state index contributed by atoms with van der Waals surface area (Å²) in [7, 11) is 1.86. The van der Waals surface area contributed by atoms with E-state index in [0.717, 1.165) is 25.9 Å². The molecule has 2 saturated heterocycles. The molecule has 0 unspecified atom stereocenters. The van der Waals surface area contributed by atoms with Crippen LogP contribution in [-0.2, 0) is 4.74 Å². The molecule has 33 heavy (non-hydrogen) atoms. The molecule has 2 aliphatic heterocycles. The van der Waals surface area contributed by atoms with Crippen LogP contribution in [0, 0.1) is 5.41 Å². The van der Waals surface area contributed by atoms with Crippen molar-refractivity contribution in [3.05, 3.63) is 23.8 Å². The highest BCUT2D eigenvalue weighted by atomic mass is 16.5. The fourth-order valence-electron chi connectivity index (χ4n) is 6.21. The highest BCUT2D eigenvalue weighted by Gasteiger charge is 2.31. The van der Waals surface area contributed by atoms with Crippen molar-refractivity contribution < 1.29 is 4.74 Å². The van der Waals surface area contributed by atoms with Crippen LogP contribution in [0.4, 0.5) is 11.4 Å². The van der Waals surface area contributed by atoms with Crippen molar-refractivity contribution in [1.29, 1.82) is 0 Å². The summed E-state index contributed by atoms with van der Waals surface area (Å²) in [5, 5.41) is 0. The van der Waals surface area contributed by atoms with Gasteiger partial charge >= 0.3 is 0 Å². The van der Waals surface area contributed by atoms with Gasteiger partial charge < -0.3 is 14.5 Å². The standard InChI is InChI=1S/C29H49N3O/c1-5-6-7-16-30-19-21-32(22-20-30)28-9-8-25(31-17-12-26(33-4)13-18-31)23-27(28)24-10-14-29(2,3)15-11-24/h8-9,23-24,26H,5-7,10-22H2,1-4H3. The molecule has 1 aromatic rings. The van der Waals surface area contributed by atoms with Gasteiger partial charge in [0.05, 0.1) is 6.10 Å². The van der Waals surface area contributed by atoms with Crippen LogP contribution < -0.4 is 9.80 Å². The van der Waals surface area contributed by atoms with Gasteiger partial charge in [-0.25, -0.2) is 0 Å². The molecule has 3 aliphatic rings. The SMILES string of the molecule is CCCCCN1CCN(c2ccc(N3CCC(OC)CC3)cc2C2CCC(C)(C)CC2)CC1. The lowest BCUT2D eigenvalue weighted by Gasteiger charge is -2.40. The number of piperidine rings is 1. The van der Waals surface area contributed by atoms with E-state index in [0.29, 0.717) is 17.4 Å². The molecule has 0 atom stereocenters. The van der Waals surface area contributed by atoms with E-state index >= 15 is 0 Å². The quantitative estimate of drug-likeness (QED) is 0.428. The number of ether oxygens (including phenoxy) is 1. The molecule has 0 bridgehead atoms. The number of anilines is 2. The Morgan fingerprint density at radius 2 is 1.58 bits per heavy atom. The lowest BCUT2D eigenvalue weighted by atomic mass is 9.71. The third-order valence-corrected chi connectivity index (χ3v) is 8.72. The predicted octanol–water partition coefficient (Wildman–Crippen LogP) is 6.30. The minimum atomic E-state index is 0.439. The Morgan fingerprint density at radius 1 is 0.879 bits per heavy atom. The summed E-state index contributed by atoms with van der Waals surface area (Å²) in [5.74, 6) is 0.715. The van der Waals surface area contributed by atoms with Crippen molar-refractivity contribution in [2.45, 2.75) is 90.6 Å². The smallest absolute Gasteiger partial charge is 0.0605 e. The minimum absolute atomic E-state index is 0.439. The van der Waals surface area contributed by atoms with Crippen LogP contribution in [0.15, 0.2) is 18.2 Å². The van der Waals surface area contributed by atoms with Crippen LogP contribution in [-0.4, -0.2) is 63.9 Å². The van der Waals surface area contributed by atoms with Gasteiger partial charge in [-0.1, -0.05) is 33.6 Å². The average molecular weight is 456 g/mol. The topological polar surface area (TPSA) is 19.0 Å². The van der Waals surface area contributed by atoms with Crippen molar-refractivity contribution >= 4 is 11.4 Å². The van der Waals surface area contributed by atoms with E-state index in [4.69, 9.17) is 4.74 Å². The predicted molar refractivity (Wildman–Crippen MR) is 142 cm³/mol. The largest absolute Gasteiger partial charge is 0.381 e. The van der Waals surface area contributed by atoms with Crippen molar-refractivity contribution in [1.82, 2.24) is 4.90 Å². The molecule has 0 radical (unpaired) electrons. The van der Waals surface area contributed by atoms with E-state index in [2.05, 4.69) is 53.7 Å². The lowest BCUT2D eigenvalue weighted by molar-refractivity contribution is 0.0819. The van der Waals surface area contributed by atoms with Crippen molar-refractivity contribution in [2.24, 2.45) is 5.41 Å². The summed E-state index contributed by atoms with van der Waals surface area (Å²) in [5.41, 5.74) is 5.12. The van der Waals surface area contributed by atoms with Crippen LogP contribution in [0.3, 0.4) is 0 Å². The summed E-state index contributed by atoms with van der Waals surface area (Å²) in [4.78, 5) is 7.98. The van der Waals surface area contributed by atoms with Crippen molar-refractivity contribution in [2.75, 3.05) is 62.7 Å². The zero-order valence-electron chi connectivity index (χ0n) is 22.0. The number of piperazine rings is 1. The summed E-state index contributed by atoms with van der Waals surface area (Å²) in [6.45, 7) is 15.5. The molecule has 0 spiro atoms. The number of benzene rings is 1. The highest BCUT2D eigenvalue weighted by molar-refractivity contribution is 5.63. The maximum atomic E-state index is 5.61. The fraction of sp³-hybridized carbons (Fsp3) is 0.793. The molecule has 0 aromatic heterocycles. The number of hydrogen-bond donors (Lipinski definition) is 0. The maximum absolute atomic E-state index is 5.61. The van der Waals surface area contributed by atoms with Gasteiger partial charge in [0, 0.05) is 57.8 Å². The van der Waals surface area contributed by atoms with Crippen LogP contribution in [0.2, 0.25) is 0 Å². The molecule has 4 nitrogen and oxygen atoms in total. The minimum Gasteiger partial charge on any atom is -0.381 e. The lowest BCUT2D eigenvalue weighted by Crippen LogP contribution is -2.47. The van der Waals surface area contributed by atoms with E-state index in [9.17, 15) is 0 Å². The molecule has 0 N–H and O–H groups in total. The normalized spacial score (nSPS) is 23.3. The molecule has 4 rings (SSSR count). The zero-order chi connectivity index (χ0) is 23.3. The molecule has 3 fully saturated rings. The summed E-state index contributed by atoms with van der Waals surface area (Å²) < 4.78 is 5.61. The molecule has 0 amide bonds. The summed E-state index contributed by atoms with van der Waals surface area (Å²) >= 11 is 0. The van der Waals surface area contributed by atoms with Gasteiger partial charge in [-0.3, -0.25) is 4.90 Å². The summed E-state index contributed by atoms with van der Waals surface area (Å²) in [6.07, 6.45) is 12.2. The number of unbranched alkanes of at least 4 members (excludes halogenated alkanes) is 2. The highest BCUT2D eigenvalue weighted by Crippen LogP contribution is 2.46. The third-order valence-electron chi connectivity index (χ3n) is 8.72. The van der Waals surface area contributed by atoms with Gasteiger partial charge in [-0.15, -0.1) is 0 Å². The Bertz CT molecular complexity index is 722. The van der Waals surface area contributed by atoms with E-state index in [1.807, 2.05) is 7.11 Å². The van der Waals surface area contributed by atoms with Crippen LogP contribution >= 0.6 is 0 Å². The Kier molecular flexibility index (Phi) is 8.62. The summed E-state index contributed by atoms with van der Waals surface area (Å²) in [6, 6.07) is 7.46. The first kappa shape index (κ1) is 24.9. The molecular weight excluding hydrogens is 406 g/mol. The first-order valence-corrected chi connectivity index (χ1v) is 13.9. The van der Waals surface area contributed by atoms with Crippen molar-refractivity contribution in [3.8, 4) is 0 Å². The third kappa shape index (κ3) is 6.45. The zero-order valence-corrected chi connectivity index (χ0v) is 22.0. The first-order valence-electron chi connectivity index (χ1n) is 13.9. The maximum Gasteiger partial charge on any atom is 0.0605 e. The Hall–Kier alpha value is -1.26. The van der Waals surface area contributed by atoms with Gasteiger partial charge in [-0.2, -0.15) is 0 Å². The van der Waals surface area contributed by atoms with Crippen LogP contribution in [0.25, 0.3) is 0 Å². The van der Waals surface area contributed by atoms with Gasteiger partial charge in [0.2, 0.25) is 0 Å². The van der Waals surface area contributed by atoms with Crippen LogP contribution in [0.5, 0.6) is 0 Å². The van der Waals surface area contributed by atoms with Crippen molar-refractivity contribution in [3.63, 3.8) is 0 Å². The van der Waals surface area contributed by atoms with E-state index in [-0.39, 0.29) is 0 Å². The van der Waals surface area contributed by atoms with Gasteiger partial charge in [0.25, 0.3) is 0 Å². The molecule has 186 valence electrons. The second-order valence-corrected chi connectivity index (χ2v) is 11.6. The number of hydrogen-bond acceptors (Lipinski definition) is 4. The van der Waals surface area contributed by atoms with Crippen LogP contribution in [0.1, 0.15) is 90.0 Å². The molecular formula is C29H49N3O. The van der Waals surface area contributed by atoms with Gasteiger partial charge in [-0.05, 0) is 86.6 Å². The second-order valence-electron chi connectivity index (χ2n) is 11.6. The molecule has 1 saturated carbocycles. The monoisotopic (exact) mass is 455 g/mol. The first-order chi connectivity index (χ1) is 16.0. The molecule has 1 aliphatic carbocycles. The molecule has 1 aromatic carbocycles. The molecule has 2 heterocycles. The average Bonchev–Trinajstić information content (AvgIpc) is 2.84. The second kappa shape index (κ2) is 11.4. The van der Waals surface area contributed by atoms with E-state index < -0.39 is 0 Å².